The molecule has 2 fully saturated rings. The first-order valence-corrected chi connectivity index (χ1v) is 8.52. The Labute approximate surface area is 129 Å². The molecule has 1 heterocycles. The molecule has 1 aliphatic carbocycles. The maximum absolute atomic E-state index is 3.87. The van der Waals surface area contributed by atoms with Gasteiger partial charge >= 0.3 is 0 Å². The van der Waals surface area contributed by atoms with Crippen LogP contribution in [0.15, 0.2) is 30.3 Å². The van der Waals surface area contributed by atoms with E-state index in [-0.39, 0.29) is 0 Å². The maximum atomic E-state index is 3.87. The largest absolute Gasteiger partial charge is 0.310 e. The van der Waals surface area contributed by atoms with Crippen molar-refractivity contribution in [1.29, 1.82) is 0 Å². The van der Waals surface area contributed by atoms with Gasteiger partial charge in [0.05, 0.1) is 0 Å². The Morgan fingerprint density at radius 1 is 1.14 bits per heavy atom. The van der Waals surface area contributed by atoms with Crippen molar-refractivity contribution in [3.63, 3.8) is 0 Å². The number of hydrogen-bond donors (Lipinski definition) is 1. The van der Waals surface area contributed by atoms with E-state index in [1.807, 2.05) is 0 Å². The fraction of sp³-hybridized carbons (Fsp3) is 0.684. The normalized spacial score (nSPS) is 26.3. The summed E-state index contributed by atoms with van der Waals surface area (Å²) in [5, 5.41) is 3.87. The number of nitrogens with one attached hydrogen (secondary N) is 1. The van der Waals surface area contributed by atoms with Crippen LogP contribution in [-0.4, -0.2) is 29.6 Å². The van der Waals surface area contributed by atoms with E-state index >= 15 is 0 Å². The molecule has 21 heavy (non-hydrogen) atoms. The number of rotatable bonds is 2. The van der Waals surface area contributed by atoms with Crippen molar-refractivity contribution in [3.05, 3.63) is 35.9 Å². The number of nitrogens with zero attached hydrogens (tertiary/aromatic N) is 1. The fourth-order valence-corrected chi connectivity index (χ4v) is 4.05. The van der Waals surface area contributed by atoms with Gasteiger partial charge in [-0.3, -0.25) is 4.90 Å². The van der Waals surface area contributed by atoms with Crippen molar-refractivity contribution in [3.8, 4) is 0 Å². The molecule has 2 aliphatic rings. The molecular weight excluding hydrogens is 256 g/mol. The average molecular weight is 286 g/mol. The Bertz CT molecular complexity index is 454. The molecule has 1 aliphatic heterocycles. The van der Waals surface area contributed by atoms with Gasteiger partial charge in [-0.2, -0.15) is 0 Å². The highest BCUT2D eigenvalue weighted by molar-refractivity contribution is 5.16. The molecule has 1 atom stereocenters. The lowest BCUT2D eigenvalue weighted by Crippen LogP contribution is -2.65. The summed E-state index contributed by atoms with van der Waals surface area (Å²) < 4.78 is 0. The van der Waals surface area contributed by atoms with Crippen LogP contribution in [0.1, 0.15) is 52.0 Å². The van der Waals surface area contributed by atoms with Gasteiger partial charge in [-0.05, 0) is 23.8 Å². The van der Waals surface area contributed by atoms with Crippen molar-refractivity contribution in [1.82, 2.24) is 10.2 Å². The Kier molecular flexibility index (Phi) is 4.11. The molecule has 1 saturated carbocycles. The van der Waals surface area contributed by atoms with Crippen LogP contribution < -0.4 is 5.32 Å². The van der Waals surface area contributed by atoms with E-state index in [0.29, 0.717) is 17.0 Å². The first-order chi connectivity index (χ1) is 10.00. The summed E-state index contributed by atoms with van der Waals surface area (Å²) in [5.74, 6) is 0. The standard InChI is InChI=1S/C19H30N2/c1-18(2,3)17-14-21(13-16-9-5-4-6-10-16)19(15-20-17)11-7-8-12-19/h4-6,9-10,17,20H,7-8,11-15H2,1-3H3. The molecule has 0 bridgehead atoms. The second-order valence-electron chi connectivity index (χ2n) is 8.10. The van der Waals surface area contributed by atoms with Crippen LogP contribution in [0, 0.1) is 5.41 Å². The Morgan fingerprint density at radius 3 is 2.43 bits per heavy atom. The molecule has 3 rings (SSSR count). The van der Waals surface area contributed by atoms with E-state index in [1.54, 1.807) is 0 Å². The van der Waals surface area contributed by atoms with Crippen molar-refractivity contribution >= 4 is 0 Å². The molecular formula is C19H30N2. The number of hydrogen-bond acceptors (Lipinski definition) is 2. The van der Waals surface area contributed by atoms with Gasteiger partial charge in [-0.1, -0.05) is 63.9 Å². The second kappa shape index (κ2) is 5.73. The van der Waals surface area contributed by atoms with Crippen LogP contribution in [-0.2, 0) is 6.54 Å². The molecule has 0 amide bonds. The zero-order valence-electron chi connectivity index (χ0n) is 13.9. The van der Waals surface area contributed by atoms with Crippen LogP contribution in [0.4, 0.5) is 0 Å². The fourth-order valence-electron chi connectivity index (χ4n) is 4.05. The molecule has 0 aromatic heterocycles. The topological polar surface area (TPSA) is 15.3 Å². The molecule has 116 valence electrons. The zero-order valence-corrected chi connectivity index (χ0v) is 13.9. The van der Waals surface area contributed by atoms with Gasteiger partial charge in [0.2, 0.25) is 0 Å². The third kappa shape index (κ3) is 3.17. The second-order valence-corrected chi connectivity index (χ2v) is 8.10. The summed E-state index contributed by atoms with van der Waals surface area (Å²) >= 11 is 0. The lowest BCUT2D eigenvalue weighted by atomic mass is 9.81. The molecule has 1 spiro atoms. The van der Waals surface area contributed by atoms with Gasteiger partial charge in [0.1, 0.15) is 0 Å². The van der Waals surface area contributed by atoms with Crippen molar-refractivity contribution in [2.24, 2.45) is 5.41 Å². The molecule has 1 saturated heterocycles. The third-order valence-electron chi connectivity index (χ3n) is 5.55. The minimum atomic E-state index is 0.329. The lowest BCUT2D eigenvalue weighted by molar-refractivity contribution is 0.0107. The highest BCUT2D eigenvalue weighted by atomic mass is 15.3. The van der Waals surface area contributed by atoms with Crippen LogP contribution in [0.3, 0.4) is 0 Å². The molecule has 1 aromatic rings. The average Bonchev–Trinajstić information content (AvgIpc) is 2.91. The van der Waals surface area contributed by atoms with E-state index in [9.17, 15) is 0 Å². The Morgan fingerprint density at radius 2 is 1.81 bits per heavy atom. The minimum Gasteiger partial charge on any atom is -0.310 e. The molecule has 1 N–H and O–H groups in total. The maximum Gasteiger partial charge on any atom is 0.0338 e. The van der Waals surface area contributed by atoms with Gasteiger partial charge in [-0.15, -0.1) is 0 Å². The zero-order chi connectivity index (χ0) is 14.9. The van der Waals surface area contributed by atoms with E-state index < -0.39 is 0 Å². The van der Waals surface area contributed by atoms with Crippen molar-refractivity contribution < 1.29 is 0 Å². The highest BCUT2D eigenvalue weighted by Gasteiger charge is 2.45. The van der Waals surface area contributed by atoms with Crippen LogP contribution in [0.25, 0.3) is 0 Å². The first kappa shape index (κ1) is 15.1. The number of piperazine rings is 1. The van der Waals surface area contributed by atoms with E-state index in [2.05, 4.69) is 61.3 Å². The predicted octanol–water partition coefficient (Wildman–Crippen LogP) is 3.82. The quantitative estimate of drug-likeness (QED) is 0.889. The highest BCUT2D eigenvalue weighted by Crippen LogP contribution is 2.39. The van der Waals surface area contributed by atoms with E-state index in [0.717, 1.165) is 6.54 Å². The lowest BCUT2D eigenvalue weighted by Gasteiger charge is -2.51. The molecule has 2 nitrogen and oxygen atoms in total. The van der Waals surface area contributed by atoms with Crippen molar-refractivity contribution in [2.45, 2.75) is 64.6 Å². The van der Waals surface area contributed by atoms with Crippen LogP contribution in [0.5, 0.6) is 0 Å². The number of benzene rings is 1. The molecule has 2 heteroatoms. The first-order valence-electron chi connectivity index (χ1n) is 8.52. The summed E-state index contributed by atoms with van der Waals surface area (Å²) in [6.45, 7) is 10.5. The van der Waals surface area contributed by atoms with E-state index in [4.69, 9.17) is 0 Å². The third-order valence-corrected chi connectivity index (χ3v) is 5.55. The van der Waals surface area contributed by atoms with Gasteiger partial charge < -0.3 is 5.32 Å². The summed E-state index contributed by atoms with van der Waals surface area (Å²) in [5.41, 5.74) is 2.20. The summed E-state index contributed by atoms with van der Waals surface area (Å²) in [4.78, 5) is 2.79. The summed E-state index contributed by atoms with van der Waals surface area (Å²) in [6.07, 6.45) is 5.52. The Balaban J connectivity index is 1.80. The van der Waals surface area contributed by atoms with Crippen LogP contribution >= 0.6 is 0 Å². The summed E-state index contributed by atoms with van der Waals surface area (Å²) in [7, 11) is 0. The van der Waals surface area contributed by atoms with Gasteiger partial charge in [0.25, 0.3) is 0 Å². The molecule has 0 radical (unpaired) electrons. The monoisotopic (exact) mass is 286 g/mol. The van der Waals surface area contributed by atoms with Gasteiger partial charge in [0.15, 0.2) is 0 Å². The molecule has 1 unspecified atom stereocenters. The predicted molar refractivity (Wildman–Crippen MR) is 89.3 cm³/mol. The SMILES string of the molecule is CC(C)(C)C1CN(Cc2ccccc2)C2(CCCC2)CN1. The Hall–Kier alpha value is -0.860. The summed E-state index contributed by atoms with van der Waals surface area (Å²) in [6, 6.07) is 11.6. The van der Waals surface area contributed by atoms with Crippen molar-refractivity contribution in [2.75, 3.05) is 13.1 Å². The van der Waals surface area contributed by atoms with Crippen LogP contribution in [0.2, 0.25) is 0 Å². The van der Waals surface area contributed by atoms with Gasteiger partial charge in [-0.25, -0.2) is 0 Å². The minimum absolute atomic E-state index is 0.329. The smallest absolute Gasteiger partial charge is 0.0338 e. The van der Waals surface area contributed by atoms with Gasteiger partial charge in [0, 0.05) is 31.2 Å². The van der Waals surface area contributed by atoms with E-state index in [1.165, 1.54) is 44.3 Å². The molecule has 1 aromatic carbocycles.